The summed E-state index contributed by atoms with van der Waals surface area (Å²) < 4.78 is 7.12. The smallest absolute Gasteiger partial charge is 0.259 e. The molecule has 0 spiro atoms. The van der Waals surface area contributed by atoms with Gasteiger partial charge in [0.25, 0.3) is 5.56 Å². The minimum absolute atomic E-state index is 0.150. The van der Waals surface area contributed by atoms with E-state index in [1.165, 1.54) is 12.8 Å². The normalized spacial score (nSPS) is 17.4. The van der Waals surface area contributed by atoms with E-state index in [9.17, 15) is 4.79 Å². The van der Waals surface area contributed by atoms with Gasteiger partial charge in [0.1, 0.15) is 6.33 Å². The van der Waals surface area contributed by atoms with Gasteiger partial charge in [-0.15, -0.1) is 0 Å². The quantitative estimate of drug-likeness (QED) is 0.484. The molecule has 5 rings (SSSR count). The van der Waals surface area contributed by atoms with Crippen LogP contribution in [-0.2, 0) is 11.3 Å². The lowest BCUT2D eigenvalue weighted by Crippen LogP contribution is -2.29. The number of hydrogen-bond donors (Lipinski definition) is 1. The molecule has 198 valence electrons. The molecule has 38 heavy (non-hydrogen) atoms. The number of nitrogens with one attached hydrogen (secondary N) is 1. The summed E-state index contributed by atoms with van der Waals surface area (Å²) in [7, 11) is 0. The second-order valence-electron chi connectivity index (χ2n) is 9.61. The van der Waals surface area contributed by atoms with Crippen LogP contribution in [0.5, 0.6) is 0 Å². The molecule has 0 aliphatic carbocycles. The predicted molar refractivity (Wildman–Crippen MR) is 149 cm³/mol. The van der Waals surface area contributed by atoms with E-state index in [2.05, 4.69) is 30.2 Å². The second-order valence-corrected chi connectivity index (χ2v) is 10.0. The fraction of sp³-hybridized carbons (Fsp3) is 0.393. The van der Waals surface area contributed by atoms with Crippen molar-refractivity contribution in [1.29, 1.82) is 0 Å². The number of aryl methyl sites for hydroxylation is 1. The van der Waals surface area contributed by atoms with Gasteiger partial charge in [-0.25, -0.2) is 15.0 Å². The largest absolute Gasteiger partial charge is 0.379 e. The van der Waals surface area contributed by atoms with Gasteiger partial charge in [-0.1, -0.05) is 23.7 Å². The van der Waals surface area contributed by atoms with Crippen LogP contribution in [0, 0.1) is 6.92 Å². The lowest BCUT2D eigenvalue weighted by atomic mass is 10.0. The molecule has 0 saturated carbocycles. The molecular formula is C28H32ClN7O2. The number of rotatable bonds is 7. The van der Waals surface area contributed by atoms with Crippen LogP contribution in [0.2, 0.25) is 5.02 Å². The van der Waals surface area contributed by atoms with Crippen LogP contribution in [0.1, 0.15) is 25.0 Å². The van der Waals surface area contributed by atoms with Crippen LogP contribution in [0.3, 0.4) is 0 Å². The van der Waals surface area contributed by atoms with Crippen LogP contribution in [0.25, 0.3) is 22.4 Å². The molecule has 1 N–H and O–H groups in total. The molecule has 0 radical (unpaired) electrons. The maximum atomic E-state index is 13.9. The van der Waals surface area contributed by atoms with Crippen LogP contribution < -0.4 is 10.9 Å². The minimum Gasteiger partial charge on any atom is -0.379 e. The van der Waals surface area contributed by atoms with Crippen molar-refractivity contribution in [3.05, 3.63) is 76.3 Å². The zero-order chi connectivity index (χ0) is 26.3. The van der Waals surface area contributed by atoms with Crippen molar-refractivity contribution in [1.82, 2.24) is 29.4 Å². The first-order valence-electron chi connectivity index (χ1n) is 13.0. The van der Waals surface area contributed by atoms with Gasteiger partial charge in [-0.05, 0) is 57.5 Å². The maximum absolute atomic E-state index is 13.9. The number of aromatic nitrogens is 5. The summed E-state index contributed by atoms with van der Waals surface area (Å²) in [6, 6.07) is 9.25. The van der Waals surface area contributed by atoms with Gasteiger partial charge in [0.05, 0.1) is 30.2 Å². The Morgan fingerprint density at radius 1 is 1.11 bits per heavy atom. The molecule has 1 unspecified atom stereocenters. The summed E-state index contributed by atoms with van der Waals surface area (Å²) >= 11 is 6.76. The van der Waals surface area contributed by atoms with Gasteiger partial charge in [-0.3, -0.25) is 14.3 Å². The van der Waals surface area contributed by atoms with E-state index in [1.807, 2.05) is 25.1 Å². The molecule has 0 amide bonds. The summed E-state index contributed by atoms with van der Waals surface area (Å²) in [6.45, 7) is 6.61. The van der Waals surface area contributed by atoms with Crippen molar-refractivity contribution in [2.45, 2.75) is 38.8 Å². The number of benzene rings is 1. The SMILES string of the molecule is Cc1cncc(-c2ccc(-c3cccnc(NC4CCOC4)ncn(CCN4CCCC4)c3=O)c(Cl)c2)n1. The molecule has 1 aromatic carbocycles. The van der Waals surface area contributed by atoms with Crippen molar-refractivity contribution in [2.75, 3.05) is 38.2 Å². The summed E-state index contributed by atoms with van der Waals surface area (Å²) in [4.78, 5) is 34.1. The van der Waals surface area contributed by atoms with Crippen molar-refractivity contribution < 1.29 is 4.74 Å². The molecule has 0 bridgehead atoms. The minimum atomic E-state index is -0.173. The van der Waals surface area contributed by atoms with E-state index in [0.717, 1.165) is 43.0 Å². The molecule has 2 aliphatic rings. The molecule has 2 saturated heterocycles. The lowest BCUT2D eigenvalue weighted by molar-refractivity contribution is 0.195. The lowest BCUT2D eigenvalue weighted by Gasteiger charge is -2.15. The van der Waals surface area contributed by atoms with E-state index in [0.29, 0.717) is 41.9 Å². The van der Waals surface area contributed by atoms with Gasteiger partial charge in [0.2, 0.25) is 5.95 Å². The molecule has 3 aromatic rings. The van der Waals surface area contributed by atoms with E-state index < -0.39 is 0 Å². The molecular weight excluding hydrogens is 502 g/mol. The third-order valence-electron chi connectivity index (χ3n) is 6.79. The number of halogens is 1. The monoisotopic (exact) mass is 533 g/mol. The first-order chi connectivity index (χ1) is 18.6. The first kappa shape index (κ1) is 26.2. The van der Waals surface area contributed by atoms with E-state index in [-0.39, 0.29) is 11.6 Å². The third kappa shape index (κ3) is 6.53. The van der Waals surface area contributed by atoms with Gasteiger partial charge in [-0.2, -0.15) is 0 Å². The summed E-state index contributed by atoms with van der Waals surface area (Å²) in [5, 5.41) is 3.78. The van der Waals surface area contributed by atoms with Crippen LogP contribution in [0.4, 0.5) is 5.95 Å². The van der Waals surface area contributed by atoms with Crippen LogP contribution in [-0.4, -0.2) is 68.3 Å². The highest BCUT2D eigenvalue weighted by atomic mass is 35.5. The average Bonchev–Trinajstić information content (AvgIpc) is 3.63. The fourth-order valence-corrected chi connectivity index (χ4v) is 4.99. The molecule has 2 fully saturated rings. The Morgan fingerprint density at radius 3 is 2.74 bits per heavy atom. The van der Waals surface area contributed by atoms with E-state index in [1.54, 1.807) is 41.6 Å². The van der Waals surface area contributed by atoms with Gasteiger partial charge in [0.15, 0.2) is 0 Å². The van der Waals surface area contributed by atoms with Gasteiger partial charge < -0.3 is 15.0 Å². The van der Waals surface area contributed by atoms with Crippen molar-refractivity contribution in [2.24, 2.45) is 0 Å². The highest BCUT2D eigenvalue weighted by molar-refractivity contribution is 6.33. The van der Waals surface area contributed by atoms with Crippen molar-refractivity contribution in [3.8, 4) is 22.4 Å². The van der Waals surface area contributed by atoms with E-state index in [4.69, 9.17) is 16.3 Å². The molecule has 4 heterocycles. The zero-order valence-electron chi connectivity index (χ0n) is 21.5. The highest BCUT2D eigenvalue weighted by Crippen LogP contribution is 2.30. The van der Waals surface area contributed by atoms with Gasteiger partial charge in [0, 0.05) is 53.8 Å². The average molecular weight is 534 g/mol. The zero-order valence-corrected chi connectivity index (χ0v) is 22.3. The Bertz CT molecular complexity index is 1380. The van der Waals surface area contributed by atoms with Gasteiger partial charge >= 0.3 is 0 Å². The second kappa shape index (κ2) is 12.4. The third-order valence-corrected chi connectivity index (χ3v) is 7.10. The molecule has 2 aromatic heterocycles. The fourth-order valence-electron chi connectivity index (χ4n) is 4.71. The Balaban J connectivity index is 1.54. The van der Waals surface area contributed by atoms with Crippen molar-refractivity contribution >= 4 is 17.5 Å². The van der Waals surface area contributed by atoms with Crippen LogP contribution >= 0.6 is 11.6 Å². The predicted octanol–water partition coefficient (Wildman–Crippen LogP) is 4.15. The Labute approximate surface area is 227 Å². The number of likely N-dealkylation sites (tertiary alicyclic amines) is 1. The van der Waals surface area contributed by atoms with Crippen molar-refractivity contribution in [3.63, 3.8) is 0 Å². The maximum Gasteiger partial charge on any atom is 0.259 e. The molecule has 10 heteroatoms. The summed E-state index contributed by atoms with van der Waals surface area (Å²) in [5.41, 5.74) is 3.31. The Hall–Kier alpha value is -3.40. The molecule has 1 atom stereocenters. The number of anilines is 1. The molecule has 9 nitrogen and oxygen atoms in total. The number of hydrogen-bond acceptors (Lipinski definition) is 8. The number of ether oxygens (including phenoxy) is 1. The topological polar surface area (TPSA) is 98.1 Å². The number of nitrogens with zero attached hydrogens (tertiary/aromatic N) is 6. The van der Waals surface area contributed by atoms with Crippen LogP contribution in [0.15, 0.2) is 60.0 Å². The molecule has 2 aliphatic heterocycles. The summed E-state index contributed by atoms with van der Waals surface area (Å²) in [6.07, 6.45) is 9.89. The first-order valence-corrected chi connectivity index (χ1v) is 13.4. The summed E-state index contributed by atoms with van der Waals surface area (Å²) in [5.74, 6) is 0.453. The highest BCUT2D eigenvalue weighted by Gasteiger charge is 2.16. The standard InChI is InChI=1S/C28H32ClN7O2/c1-20-16-30-17-26(33-20)21-6-7-23(25(29)15-21)24-5-4-9-31-28(34-22-8-14-38-18-22)32-19-36(27(24)37)13-12-35-10-2-3-11-35/h4-7,9,15-17,19,22H,2-3,8,10-14,18H2,1H3,(H,31,34). The Morgan fingerprint density at radius 2 is 1.97 bits per heavy atom. The van der Waals surface area contributed by atoms with E-state index >= 15 is 0 Å². The Kier molecular flexibility index (Phi) is 8.58.